The maximum absolute atomic E-state index is 12.6. The fraction of sp³-hybridized carbons (Fsp3) is 0.333. The minimum Gasteiger partial charge on any atom is -0.378 e. The number of anilines is 1. The van der Waals surface area contributed by atoms with Crippen LogP contribution in [0.1, 0.15) is 39.1 Å². The molecule has 2 aromatic rings. The van der Waals surface area contributed by atoms with E-state index in [1.807, 2.05) is 67.5 Å². The second kappa shape index (κ2) is 7.60. The molecule has 2 amide bonds. The summed E-state index contributed by atoms with van der Waals surface area (Å²) in [5.74, 6) is -0.0460. The zero-order valence-corrected chi connectivity index (χ0v) is 15.5. The first-order chi connectivity index (χ1) is 12.4. The van der Waals surface area contributed by atoms with E-state index in [1.165, 1.54) is 0 Å². The van der Waals surface area contributed by atoms with Crippen molar-refractivity contribution >= 4 is 17.5 Å². The van der Waals surface area contributed by atoms with Crippen LogP contribution in [0, 0.1) is 0 Å². The lowest BCUT2D eigenvalue weighted by atomic mass is 10.1. The lowest BCUT2D eigenvalue weighted by Crippen LogP contribution is -2.27. The Hall–Kier alpha value is -2.82. The van der Waals surface area contributed by atoms with Crippen LogP contribution < -0.4 is 10.2 Å². The van der Waals surface area contributed by atoms with Gasteiger partial charge in [0.25, 0.3) is 11.8 Å². The normalized spacial score (nSPS) is 13.2. The van der Waals surface area contributed by atoms with E-state index in [-0.39, 0.29) is 11.8 Å². The molecule has 0 bridgehead atoms. The average molecular weight is 351 g/mol. The maximum Gasteiger partial charge on any atom is 0.253 e. The SMILES string of the molecule is CN(Cc1ccc(C(=O)NC2CC2)cc1)C(=O)c1ccc(N(C)C)cc1. The Morgan fingerprint density at radius 2 is 1.50 bits per heavy atom. The summed E-state index contributed by atoms with van der Waals surface area (Å²) in [5, 5.41) is 2.98. The van der Waals surface area contributed by atoms with Crippen LogP contribution in [0.4, 0.5) is 5.69 Å². The van der Waals surface area contributed by atoms with Crippen molar-refractivity contribution in [1.29, 1.82) is 0 Å². The standard InChI is InChI=1S/C21H25N3O2/c1-23(2)19-12-8-17(9-13-19)21(26)24(3)14-15-4-6-16(7-5-15)20(25)22-18-10-11-18/h4-9,12-13,18H,10-11,14H2,1-3H3,(H,22,25). The van der Waals surface area contributed by atoms with Crippen LogP contribution in [0.5, 0.6) is 0 Å². The highest BCUT2D eigenvalue weighted by Crippen LogP contribution is 2.19. The van der Waals surface area contributed by atoms with Crippen molar-refractivity contribution in [3.05, 3.63) is 65.2 Å². The Bertz CT molecular complexity index is 778. The summed E-state index contributed by atoms with van der Waals surface area (Å²) in [6.07, 6.45) is 2.15. The Labute approximate surface area is 154 Å². The second-order valence-electron chi connectivity index (χ2n) is 7.05. The zero-order valence-electron chi connectivity index (χ0n) is 15.5. The van der Waals surface area contributed by atoms with Crippen LogP contribution in [-0.2, 0) is 6.54 Å². The number of hydrogen-bond acceptors (Lipinski definition) is 3. The summed E-state index contributed by atoms with van der Waals surface area (Å²) in [6, 6.07) is 15.4. The lowest BCUT2D eigenvalue weighted by Gasteiger charge is -2.18. The number of carbonyl (C=O) groups excluding carboxylic acids is 2. The second-order valence-corrected chi connectivity index (χ2v) is 7.05. The van der Waals surface area contributed by atoms with Crippen LogP contribution in [0.15, 0.2) is 48.5 Å². The number of benzene rings is 2. The predicted octanol–water partition coefficient (Wildman–Crippen LogP) is 2.92. The molecule has 0 heterocycles. The third-order valence-corrected chi connectivity index (χ3v) is 4.53. The van der Waals surface area contributed by atoms with Gasteiger partial charge < -0.3 is 15.1 Å². The third-order valence-electron chi connectivity index (χ3n) is 4.53. The molecule has 0 unspecified atom stereocenters. The molecule has 0 spiro atoms. The average Bonchev–Trinajstić information content (AvgIpc) is 3.45. The summed E-state index contributed by atoms with van der Waals surface area (Å²) in [5.41, 5.74) is 3.38. The maximum atomic E-state index is 12.6. The van der Waals surface area contributed by atoms with Gasteiger partial charge in [0, 0.05) is 50.5 Å². The lowest BCUT2D eigenvalue weighted by molar-refractivity contribution is 0.0784. The predicted molar refractivity (Wildman–Crippen MR) is 103 cm³/mol. The van der Waals surface area contributed by atoms with Gasteiger partial charge in [0.15, 0.2) is 0 Å². The number of amides is 2. The molecule has 1 saturated carbocycles. The van der Waals surface area contributed by atoms with E-state index < -0.39 is 0 Å². The van der Waals surface area contributed by atoms with Gasteiger partial charge in [-0.15, -0.1) is 0 Å². The topological polar surface area (TPSA) is 52.7 Å². The van der Waals surface area contributed by atoms with Crippen molar-refractivity contribution in [1.82, 2.24) is 10.2 Å². The smallest absolute Gasteiger partial charge is 0.253 e. The number of hydrogen-bond donors (Lipinski definition) is 1. The van der Waals surface area contributed by atoms with E-state index in [1.54, 1.807) is 11.9 Å². The Morgan fingerprint density at radius 1 is 0.923 bits per heavy atom. The molecule has 3 rings (SSSR count). The molecule has 2 aromatic carbocycles. The third kappa shape index (κ3) is 4.42. The molecule has 1 aliphatic carbocycles. The summed E-state index contributed by atoms with van der Waals surface area (Å²) in [4.78, 5) is 28.3. The van der Waals surface area contributed by atoms with Gasteiger partial charge in [-0.1, -0.05) is 12.1 Å². The minimum absolute atomic E-state index is 0.0224. The molecule has 1 fully saturated rings. The summed E-state index contributed by atoms with van der Waals surface area (Å²) >= 11 is 0. The molecule has 26 heavy (non-hydrogen) atoms. The molecule has 0 atom stereocenters. The molecule has 5 heteroatoms. The van der Waals surface area contributed by atoms with Crippen LogP contribution in [0.3, 0.4) is 0 Å². The molecular weight excluding hydrogens is 326 g/mol. The quantitative estimate of drug-likeness (QED) is 0.871. The highest BCUT2D eigenvalue weighted by atomic mass is 16.2. The molecule has 136 valence electrons. The van der Waals surface area contributed by atoms with Crippen LogP contribution in [0.2, 0.25) is 0 Å². The van der Waals surface area contributed by atoms with Crippen molar-refractivity contribution in [2.75, 3.05) is 26.0 Å². The first-order valence-corrected chi connectivity index (χ1v) is 8.86. The fourth-order valence-electron chi connectivity index (χ4n) is 2.73. The van der Waals surface area contributed by atoms with Crippen LogP contribution >= 0.6 is 0 Å². The van der Waals surface area contributed by atoms with E-state index in [9.17, 15) is 9.59 Å². The first-order valence-electron chi connectivity index (χ1n) is 8.86. The van der Waals surface area contributed by atoms with E-state index >= 15 is 0 Å². The molecule has 1 aliphatic rings. The summed E-state index contributed by atoms with van der Waals surface area (Å²) in [6.45, 7) is 0.499. The zero-order chi connectivity index (χ0) is 18.7. The number of rotatable bonds is 6. The molecule has 0 aliphatic heterocycles. The monoisotopic (exact) mass is 351 g/mol. The van der Waals surface area contributed by atoms with Gasteiger partial charge in [-0.3, -0.25) is 9.59 Å². The molecule has 0 aromatic heterocycles. The van der Waals surface area contributed by atoms with E-state index in [2.05, 4.69) is 5.32 Å². The molecule has 0 saturated heterocycles. The van der Waals surface area contributed by atoms with E-state index in [0.717, 1.165) is 24.1 Å². The van der Waals surface area contributed by atoms with Gasteiger partial charge in [-0.2, -0.15) is 0 Å². The van der Waals surface area contributed by atoms with Crippen LogP contribution in [0.25, 0.3) is 0 Å². The molecule has 0 radical (unpaired) electrons. The van der Waals surface area contributed by atoms with Gasteiger partial charge >= 0.3 is 0 Å². The largest absolute Gasteiger partial charge is 0.378 e. The van der Waals surface area contributed by atoms with Gasteiger partial charge in [0.05, 0.1) is 0 Å². The highest BCUT2D eigenvalue weighted by Gasteiger charge is 2.23. The Kier molecular flexibility index (Phi) is 5.26. The molecule has 5 nitrogen and oxygen atoms in total. The van der Waals surface area contributed by atoms with Crippen molar-refractivity contribution in [2.24, 2.45) is 0 Å². The van der Waals surface area contributed by atoms with Crippen molar-refractivity contribution in [3.63, 3.8) is 0 Å². The number of carbonyl (C=O) groups is 2. The van der Waals surface area contributed by atoms with Gasteiger partial charge in [0.1, 0.15) is 0 Å². The van der Waals surface area contributed by atoms with E-state index in [0.29, 0.717) is 23.7 Å². The molecular formula is C21H25N3O2. The number of nitrogens with zero attached hydrogens (tertiary/aromatic N) is 2. The number of nitrogens with one attached hydrogen (secondary N) is 1. The van der Waals surface area contributed by atoms with E-state index in [4.69, 9.17) is 0 Å². The molecule has 1 N–H and O–H groups in total. The first kappa shape index (κ1) is 18.0. The summed E-state index contributed by atoms with van der Waals surface area (Å²) < 4.78 is 0. The Morgan fingerprint density at radius 3 is 2.04 bits per heavy atom. The van der Waals surface area contributed by atoms with Gasteiger partial charge in [-0.05, 0) is 54.8 Å². The van der Waals surface area contributed by atoms with Crippen LogP contribution in [-0.4, -0.2) is 43.9 Å². The van der Waals surface area contributed by atoms with Gasteiger partial charge in [-0.25, -0.2) is 0 Å². The Balaban J connectivity index is 1.60. The van der Waals surface area contributed by atoms with Gasteiger partial charge in [0.2, 0.25) is 0 Å². The fourth-order valence-corrected chi connectivity index (χ4v) is 2.73. The summed E-state index contributed by atoms with van der Waals surface area (Å²) in [7, 11) is 5.73. The van der Waals surface area contributed by atoms with Crippen molar-refractivity contribution in [3.8, 4) is 0 Å². The van der Waals surface area contributed by atoms with Crippen molar-refractivity contribution in [2.45, 2.75) is 25.4 Å². The highest BCUT2D eigenvalue weighted by molar-refractivity contribution is 5.95. The van der Waals surface area contributed by atoms with Crippen molar-refractivity contribution < 1.29 is 9.59 Å². The minimum atomic E-state index is -0.0236.